The number of aliphatic hydroxyl groups excluding tert-OH is 1. The largest absolute Gasteiger partial charge is 0.384 e. The monoisotopic (exact) mass is 309 g/mol. The topological polar surface area (TPSA) is 40.5 Å². The fraction of sp³-hybridized carbons (Fsp3) is 0.533. The molecule has 1 aliphatic heterocycles. The lowest BCUT2D eigenvalue weighted by atomic mass is 10.1. The summed E-state index contributed by atoms with van der Waals surface area (Å²) in [7, 11) is 0. The Morgan fingerprint density at radius 3 is 3.05 bits per heavy atom. The van der Waals surface area contributed by atoms with Crippen LogP contribution in [-0.2, 0) is 0 Å². The Hall–Kier alpha value is -0.960. The van der Waals surface area contributed by atoms with Gasteiger partial charge in [-0.15, -0.1) is 11.3 Å². The maximum Gasteiger partial charge on any atom is 0.254 e. The molecule has 1 aliphatic rings. The molecule has 1 aromatic rings. The molecule has 0 saturated carbocycles. The quantitative estimate of drug-likeness (QED) is 0.810. The zero-order valence-corrected chi connectivity index (χ0v) is 13.4. The van der Waals surface area contributed by atoms with Gasteiger partial charge in [0.25, 0.3) is 5.91 Å². The highest BCUT2D eigenvalue weighted by Crippen LogP contribution is 2.31. The molecule has 20 heavy (non-hydrogen) atoms. The standard InChI is InChI=1S/C15H19NO2S2/c1-15(2)5-6-16(7-9-20-15)14(18)12-10-13(19-11-12)4-3-8-17/h10-11,17H,5-9H2,1-2H3. The van der Waals surface area contributed by atoms with E-state index in [1.807, 2.05) is 28.1 Å². The van der Waals surface area contributed by atoms with Crippen LogP contribution >= 0.6 is 23.1 Å². The fourth-order valence-corrected chi connectivity index (χ4v) is 3.90. The third-order valence-corrected chi connectivity index (χ3v) is 5.48. The molecule has 0 spiro atoms. The van der Waals surface area contributed by atoms with Crippen LogP contribution in [0.4, 0.5) is 0 Å². The minimum absolute atomic E-state index is 0.0941. The summed E-state index contributed by atoms with van der Waals surface area (Å²) in [5, 5.41) is 10.5. The highest BCUT2D eigenvalue weighted by atomic mass is 32.2. The lowest BCUT2D eigenvalue weighted by Crippen LogP contribution is -2.33. The van der Waals surface area contributed by atoms with Gasteiger partial charge in [0.05, 0.1) is 10.4 Å². The average molecular weight is 309 g/mol. The van der Waals surface area contributed by atoms with Crippen LogP contribution in [0.5, 0.6) is 0 Å². The van der Waals surface area contributed by atoms with Crippen molar-refractivity contribution < 1.29 is 9.90 Å². The van der Waals surface area contributed by atoms with E-state index in [-0.39, 0.29) is 17.3 Å². The van der Waals surface area contributed by atoms with Crippen molar-refractivity contribution in [2.45, 2.75) is 25.0 Å². The third-order valence-electron chi connectivity index (χ3n) is 3.26. The van der Waals surface area contributed by atoms with E-state index in [0.717, 1.165) is 30.1 Å². The second-order valence-corrected chi connectivity index (χ2v) is 8.02. The molecule has 1 saturated heterocycles. The first-order chi connectivity index (χ1) is 9.52. The number of carbonyl (C=O) groups is 1. The van der Waals surface area contributed by atoms with Gasteiger partial charge in [0.1, 0.15) is 6.61 Å². The van der Waals surface area contributed by atoms with Gasteiger partial charge in [-0.1, -0.05) is 25.7 Å². The van der Waals surface area contributed by atoms with Gasteiger partial charge in [0.2, 0.25) is 0 Å². The van der Waals surface area contributed by atoms with Crippen LogP contribution in [0.2, 0.25) is 0 Å². The van der Waals surface area contributed by atoms with Crippen LogP contribution in [0.25, 0.3) is 0 Å². The van der Waals surface area contributed by atoms with Crippen molar-refractivity contribution >= 4 is 29.0 Å². The number of aliphatic hydroxyl groups is 1. The van der Waals surface area contributed by atoms with Gasteiger partial charge in [-0.2, -0.15) is 11.8 Å². The maximum atomic E-state index is 12.5. The van der Waals surface area contributed by atoms with Crippen LogP contribution in [0.15, 0.2) is 11.4 Å². The minimum Gasteiger partial charge on any atom is -0.384 e. The molecule has 3 nitrogen and oxygen atoms in total. The fourth-order valence-electron chi connectivity index (χ4n) is 2.05. The third kappa shape index (κ3) is 4.02. The van der Waals surface area contributed by atoms with Gasteiger partial charge in [0.15, 0.2) is 0 Å². The summed E-state index contributed by atoms with van der Waals surface area (Å²) >= 11 is 3.38. The first-order valence-electron chi connectivity index (χ1n) is 6.63. The minimum atomic E-state index is -0.153. The van der Waals surface area contributed by atoms with Crippen molar-refractivity contribution in [3.8, 4) is 11.8 Å². The van der Waals surface area contributed by atoms with Crippen LogP contribution in [0, 0.1) is 11.8 Å². The van der Waals surface area contributed by atoms with E-state index in [1.165, 1.54) is 11.3 Å². The Balaban J connectivity index is 2.05. The summed E-state index contributed by atoms with van der Waals surface area (Å²) in [6.07, 6.45) is 1.02. The first-order valence-corrected chi connectivity index (χ1v) is 8.50. The highest BCUT2D eigenvalue weighted by Gasteiger charge is 2.26. The summed E-state index contributed by atoms with van der Waals surface area (Å²) in [4.78, 5) is 15.2. The van der Waals surface area contributed by atoms with Gasteiger partial charge in [-0.3, -0.25) is 4.79 Å². The van der Waals surface area contributed by atoms with Crippen LogP contribution in [-0.4, -0.2) is 46.1 Å². The molecule has 0 bridgehead atoms. The van der Waals surface area contributed by atoms with E-state index in [4.69, 9.17) is 5.11 Å². The summed E-state index contributed by atoms with van der Waals surface area (Å²) in [6.45, 7) is 5.93. The molecule has 1 amide bonds. The van der Waals surface area contributed by atoms with Crippen molar-refractivity contribution in [2.75, 3.05) is 25.4 Å². The Morgan fingerprint density at radius 2 is 2.30 bits per heavy atom. The Morgan fingerprint density at radius 1 is 1.50 bits per heavy atom. The zero-order valence-electron chi connectivity index (χ0n) is 11.8. The molecule has 2 rings (SSSR count). The molecular formula is C15H19NO2S2. The van der Waals surface area contributed by atoms with Gasteiger partial charge in [-0.25, -0.2) is 0 Å². The van der Waals surface area contributed by atoms with Gasteiger partial charge in [-0.05, 0) is 12.5 Å². The number of hydrogen-bond acceptors (Lipinski definition) is 4. The Labute approximate surface area is 128 Å². The zero-order chi connectivity index (χ0) is 14.6. The Bertz CT molecular complexity index is 540. The molecule has 2 heterocycles. The van der Waals surface area contributed by atoms with Gasteiger partial charge >= 0.3 is 0 Å². The van der Waals surface area contributed by atoms with Crippen molar-refractivity contribution in [3.05, 3.63) is 21.9 Å². The van der Waals surface area contributed by atoms with E-state index in [9.17, 15) is 4.79 Å². The summed E-state index contributed by atoms with van der Waals surface area (Å²) < 4.78 is 0.251. The van der Waals surface area contributed by atoms with Crippen molar-refractivity contribution in [1.82, 2.24) is 4.90 Å². The normalized spacial score (nSPS) is 18.1. The van der Waals surface area contributed by atoms with Crippen LogP contribution < -0.4 is 0 Å². The molecule has 5 heteroatoms. The van der Waals surface area contributed by atoms with Gasteiger partial charge in [0, 0.05) is 29.0 Å². The smallest absolute Gasteiger partial charge is 0.254 e. The predicted octanol–water partition coefficient (Wildman–Crippen LogP) is 2.45. The second-order valence-electron chi connectivity index (χ2n) is 5.31. The summed E-state index contributed by atoms with van der Waals surface area (Å²) in [5.74, 6) is 6.53. The molecule has 1 aromatic heterocycles. The molecule has 1 fully saturated rings. The van der Waals surface area contributed by atoms with E-state index in [1.54, 1.807) is 0 Å². The van der Waals surface area contributed by atoms with E-state index in [0.29, 0.717) is 5.56 Å². The molecule has 0 aromatic carbocycles. The van der Waals surface area contributed by atoms with Gasteiger partial charge < -0.3 is 10.0 Å². The average Bonchev–Trinajstić information content (AvgIpc) is 2.80. The summed E-state index contributed by atoms with van der Waals surface area (Å²) in [5.41, 5.74) is 0.710. The number of nitrogens with zero attached hydrogens (tertiary/aromatic N) is 1. The van der Waals surface area contributed by atoms with E-state index in [2.05, 4.69) is 25.7 Å². The first kappa shape index (κ1) is 15.4. The lowest BCUT2D eigenvalue weighted by molar-refractivity contribution is 0.0765. The Kier molecular flexibility index (Phi) is 5.14. The number of thiophene rings is 1. The van der Waals surface area contributed by atoms with Crippen LogP contribution in [0.1, 0.15) is 35.5 Å². The molecule has 0 aliphatic carbocycles. The number of amides is 1. The van der Waals surface area contributed by atoms with Crippen LogP contribution in [0.3, 0.4) is 0 Å². The number of rotatable bonds is 1. The number of thioether (sulfide) groups is 1. The molecular weight excluding hydrogens is 290 g/mol. The van der Waals surface area contributed by atoms with Crippen molar-refractivity contribution in [3.63, 3.8) is 0 Å². The molecule has 0 atom stereocenters. The molecule has 0 radical (unpaired) electrons. The molecule has 108 valence electrons. The van der Waals surface area contributed by atoms with E-state index < -0.39 is 0 Å². The lowest BCUT2D eigenvalue weighted by Gasteiger charge is -2.22. The van der Waals surface area contributed by atoms with E-state index >= 15 is 0 Å². The SMILES string of the molecule is CC1(C)CCN(C(=O)c2csc(C#CCO)c2)CCS1. The summed E-state index contributed by atoms with van der Waals surface area (Å²) in [6, 6.07) is 1.82. The van der Waals surface area contributed by atoms with Crippen molar-refractivity contribution in [2.24, 2.45) is 0 Å². The molecule has 0 unspecified atom stereocenters. The predicted molar refractivity (Wildman–Crippen MR) is 85.3 cm³/mol. The highest BCUT2D eigenvalue weighted by molar-refractivity contribution is 8.00. The van der Waals surface area contributed by atoms with Crippen molar-refractivity contribution in [1.29, 1.82) is 0 Å². The number of hydrogen-bond donors (Lipinski definition) is 1. The molecule has 1 N–H and O–H groups in total. The second kappa shape index (κ2) is 6.66. The maximum absolute atomic E-state index is 12.5. The number of carbonyl (C=O) groups excluding carboxylic acids is 1.